The zero-order valence-electron chi connectivity index (χ0n) is 12.0. The Labute approximate surface area is 129 Å². The molecule has 0 bridgehead atoms. The molecule has 0 aliphatic heterocycles. The van der Waals surface area contributed by atoms with Crippen LogP contribution < -0.4 is 10.2 Å². The topological polar surface area (TPSA) is 58.1 Å². The summed E-state index contributed by atoms with van der Waals surface area (Å²) in [6, 6.07) is 8.58. The van der Waals surface area contributed by atoms with E-state index >= 15 is 0 Å². The molecule has 110 valence electrons. The van der Waals surface area contributed by atoms with Gasteiger partial charge < -0.3 is 10.2 Å². The first-order valence-electron chi connectivity index (χ1n) is 6.79. The van der Waals surface area contributed by atoms with Crippen LogP contribution in [-0.2, 0) is 0 Å². The van der Waals surface area contributed by atoms with E-state index in [4.69, 9.17) is 11.6 Å². The molecule has 1 N–H and O–H groups in total. The van der Waals surface area contributed by atoms with Crippen LogP contribution in [0.25, 0.3) is 0 Å². The Morgan fingerprint density at radius 2 is 2.05 bits per heavy atom. The number of anilines is 2. The number of nitrogens with zero attached hydrogens (tertiary/aromatic N) is 3. The van der Waals surface area contributed by atoms with Crippen molar-refractivity contribution >= 4 is 29.1 Å². The van der Waals surface area contributed by atoms with E-state index in [-0.39, 0.29) is 5.91 Å². The lowest BCUT2D eigenvalue weighted by molar-refractivity contribution is 0.102. The molecular weight excluding hydrogens is 288 g/mol. The van der Waals surface area contributed by atoms with Crippen molar-refractivity contribution in [2.75, 3.05) is 23.3 Å². The minimum Gasteiger partial charge on any atom is -0.341 e. The van der Waals surface area contributed by atoms with Crippen LogP contribution in [0, 0.1) is 0 Å². The van der Waals surface area contributed by atoms with Gasteiger partial charge in [-0.25, -0.2) is 9.97 Å². The van der Waals surface area contributed by atoms with Gasteiger partial charge in [-0.05, 0) is 38.1 Å². The summed E-state index contributed by atoms with van der Waals surface area (Å²) in [5, 5.41) is 3.34. The summed E-state index contributed by atoms with van der Waals surface area (Å²) in [7, 11) is 0. The van der Waals surface area contributed by atoms with Crippen molar-refractivity contribution < 1.29 is 4.79 Å². The minimum absolute atomic E-state index is 0.284. The van der Waals surface area contributed by atoms with E-state index in [1.165, 1.54) is 0 Å². The fourth-order valence-corrected chi connectivity index (χ4v) is 2.09. The Bertz CT molecular complexity index is 629. The van der Waals surface area contributed by atoms with Gasteiger partial charge in [0.15, 0.2) is 0 Å². The summed E-state index contributed by atoms with van der Waals surface area (Å²) in [5.74, 6) is 0.270. The number of rotatable bonds is 5. The molecule has 0 aliphatic rings. The molecule has 1 aromatic heterocycles. The normalized spacial score (nSPS) is 10.2. The molecule has 0 aliphatic carbocycles. The Balaban J connectivity index is 2.18. The third-order valence-electron chi connectivity index (χ3n) is 3.00. The van der Waals surface area contributed by atoms with Gasteiger partial charge in [-0.1, -0.05) is 17.7 Å². The van der Waals surface area contributed by atoms with Crippen LogP contribution in [0.2, 0.25) is 5.02 Å². The van der Waals surface area contributed by atoms with Crippen LogP contribution in [0.15, 0.2) is 36.5 Å². The molecule has 0 spiro atoms. The first-order chi connectivity index (χ1) is 10.1. The largest absolute Gasteiger partial charge is 0.341 e. The molecular formula is C15H17ClN4O. The summed E-state index contributed by atoms with van der Waals surface area (Å²) < 4.78 is 0. The second-order valence-corrected chi connectivity index (χ2v) is 4.82. The molecule has 1 aromatic carbocycles. The van der Waals surface area contributed by atoms with Crippen molar-refractivity contribution in [1.82, 2.24) is 9.97 Å². The quantitative estimate of drug-likeness (QED) is 0.921. The highest BCUT2D eigenvalue weighted by Gasteiger charge is 2.12. The molecule has 1 heterocycles. The number of carbonyl (C=O) groups is 1. The summed E-state index contributed by atoms with van der Waals surface area (Å²) in [4.78, 5) is 22.7. The zero-order chi connectivity index (χ0) is 15.2. The maximum atomic E-state index is 12.2. The van der Waals surface area contributed by atoms with Crippen LogP contribution in [0.3, 0.4) is 0 Å². The van der Waals surface area contributed by atoms with E-state index < -0.39 is 0 Å². The fourth-order valence-electron chi connectivity index (χ4n) is 1.90. The molecule has 2 rings (SSSR count). The van der Waals surface area contributed by atoms with Crippen LogP contribution in [0.5, 0.6) is 0 Å². The Morgan fingerprint density at radius 1 is 1.29 bits per heavy atom. The van der Waals surface area contributed by atoms with E-state index in [0.717, 1.165) is 13.1 Å². The summed E-state index contributed by atoms with van der Waals surface area (Å²) in [5.41, 5.74) is 0.961. The molecule has 6 heteroatoms. The predicted molar refractivity (Wildman–Crippen MR) is 85.0 cm³/mol. The van der Waals surface area contributed by atoms with Crippen molar-refractivity contribution in [3.8, 4) is 0 Å². The molecule has 0 atom stereocenters. The number of hydrogen-bond acceptors (Lipinski definition) is 4. The number of carbonyl (C=O) groups excluding carboxylic acids is 1. The van der Waals surface area contributed by atoms with E-state index in [0.29, 0.717) is 22.4 Å². The SMILES string of the molecule is CCN(CC)c1nccc(C(=O)Nc2cccc(Cl)c2)n1. The zero-order valence-corrected chi connectivity index (χ0v) is 12.8. The molecule has 2 aromatic rings. The van der Waals surface area contributed by atoms with Gasteiger partial charge >= 0.3 is 0 Å². The first kappa shape index (κ1) is 15.3. The Kier molecular flexibility index (Phi) is 5.11. The van der Waals surface area contributed by atoms with Crippen molar-refractivity contribution in [3.05, 3.63) is 47.2 Å². The van der Waals surface area contributed by atoms with E-state index in [2.05, 4.69) is 15.3 Å². The molecule has 0 radical (unpaired) electrons. The number of benzene rings is 1. The van der Waals surface area contributed by atoms with Gasteiger partial charge in [-0.3, -0.25) is 4.79 Å². The van der Waals surface area contributed by atoms with Crippen LogP contribution in [-0.4, -0.2) is 29.0 Å². The predicted octanol–water partition coefficient (Wildman–Crippen LogP) is 3.23. The summed E-state index contributed by atoms with van der Waals surface area (Å²) in [6.07, 6.45) is 1.59. The lowest BCUT2D eigenvalue weighted by atomic mass is 10.3. The molecule has 0 fully saturated rings. The van der Waals surface area contributed by atoms with Crippen molar-refractivity contribution in [3.63, 3.8) is 0 Å². The number of halogens is 1. The number of hydrogen-bond donors (Lipinski definition) is 1. The molecule has 0 saturated carbocycles. The van der Waals surface area contributed by atoms with Gasteiger partial charge in [0.25, 0.3) is 5.91 Å². The summed E-state index contributed by atoms with van der Waals surface area (Å²) in [6.45, 7) is 5.61. The van der Waals surface area contributed by atoms with Crippen LogP contribution >= 0.6 is 11.6 Å². The van der Waals surface area contributed by atoms with E-state index in [9.17, 15) is 4.79 Å². The first-order valence-corrected chi connectivity index (χ1v) is 7.16. The molecule has 21 heavy (non-hydrogen) atoms. The second-order valence-electron chi connectivity index (χ2n) is 4.38. The lowest BCUT2D eigenvalue weighted by Gasteiger charge is -2.18. The highest BCUT2D eigenvalue weighted by molar-refractivity contribution is 6.30. The number of aromatic nitrogens is 2. The third kappa shape index (κ3) is 3.92. The molecule has 1 amide bonds. The van der Waals surface area contributed by atoms with Crippen molar-refractivity contribution in [2.24, 2.45) is 0 Å². The highest BCUT2D eigenvalue weighted by Crippen LogP contribution is 2.16. The molecule has 0 saturated heterocycles. The van der Waals surface area contributed by atoms with Gasteiger partial charge in [0.2, 0.25) is 5.95 Å². The maximum absolute atomic E-state index is 12.2. The maximum Gasteiger partial charge on any atom is 0.274 e. The highest BCUT2D eigenvalue weighted by atomic mass is 35.5. The fraction of sp³-hybridized carbons (Fsp3) is 0.267. The smallest absolute Gasteiger partial charge is 0.274 e. The molecule has 5 nitrogen and oxygen atoms in total. The minimum atomic E-state index is -0.284. The van der Waals surface area contributed by atoms with Gasteiger partial charge in [-0.15, -0.1) is 0 Å². The molecule has 0 unspecified atom stereocenters. The van der Waals surface area contributed by atoms with Crippen molar-refractivity contribution in [2.45, 2.75) is 13.8 Å². The van der Waals surface area contributed by atoms with Gasteiger partial charge in [-0.2, -0.15) is 0 Å². The monoisotopic (exact) mass is 304 g/mol. The van der Waals surface area contributed by atoms with E-state index in [1.54, 1.807) is 36.5 Å². The van der Waals surface area contributed by atoms with Gasteiger partial charge in [0, 0.05) is 30.0 Å². The van der Waals surface area contributed by atoms with Gasteiger partial charge in [0.05, 0.1) is 0 Å². The van der Waals surface area contributed by atoms with Gasteiger partial charge in [0.1, 0.15) is 5.69 Å². The number of amides is 1. The second kappa shape index (κ2) is 7.04. The third-order valence-corrected chi connectivity index (χ3v) is 3.24. The lowest BCUT2D eigenvalue weighted by Crippen LogP contribution is -2.25. The van der Waals surface area contributed by atoms with Crippen LogP contribution in [0.4, 0.5) is 11.6 Å². The Morgan fingerprint density at radius 3 is 2.71 bits per heavy atom. The average Bonchev–Trinajstić information content (AvgIpc) is 2.49. The number of nitrogens with one attached hydrogen (secondary N) is 1. The van der Waals surface area contributed by atoms with E-state index in [1.807, 2.05) is 18.7 Å². The summed E-state index contributed by atoms with van der Waals surface area (Å²) >= 11 is 5.90. The average molecular weight is 305 g/mol. The Hall–Kier alpha value is -2.14. The van der Waals surface area contributed by atoms with Crippen LogP contribution in [0.1, 0.15) is 24.3 Å². The van der Waals surface area contributed by atoms with Crippen molar-refractivity contribution in [1.29, 1.82) is 0 Å². The standard InChI is InChI=1S/C15H17ClN4O/c1-3-20(4-2)15-17-9-8-13(19-15)14(21)18-12-7-5-6-11(16)10-12/h5-10H,3-4H2,1-2H3,(H,18,21).